The smallest absolute Gasteiger partial charge is 0.410 e. The molecule has 0 radical (unpaired) electrons. The lowest BCUT2D eigenvalue weighted by Crippen LogP contribution is -2.56. The molecule has 0 aliphatic heterocycles. The van der Waals surface area contributed by atoms with Gasteiger partial charge < -0.3 is 4.74 Å². The molecule has 0 N–H and O–H groups in total. The van der Waals surface area contributed by atoms with Gasteiger partial charge in [-0.2, -0.15) is 0 Å². The normalized spacial score (nSPS) is 12.9. The van der Waals surface area contributed by atoms with Gasteiger partial charge in [-0.25, -0.2) is 4.79 Å². The molecule has 0 heterocycles. The first-order valence-corrected chi connectivity index (χ1v) is 5.47. The van der Waals surface area contributed by atoms with Crippen LogP contribution in [0, 0.1) is 0 Å². The average Bonchev–Trinajstić information content (AvgIpc) is 1.74. The third-order valence-electron chi connectivity index (χ3n) is 1.86. The third-order valence-corrected chi connectivity index (χ3v) is 1.86. The Kier molecular flexibility index (Phi) is 4.20. The SMILES string of the molecule is CC(C)OC(=O)N(C(C)(C)C)C(C)(C)C. The highest BCUT2D eigenvalue weighted by Gasteiger charge is 2.36. The number of amides is 1. The minimum Gasteiger partial charge on any atom is -0.447 e. The minimum atomic E-state index is -0.245. The van der Waals surface area contributed by atoms with Crippen LogP contribution in [0.15, 0.2) is 0 Å². The summed E-state index contributed by atoms with van der Waals surface area (Å²) in [6.07, 6.45) is -0.324. The highest BCUT2D eigenvalue weighted by molar-refractivity contribution is 5.69. The van der Waals surface area contributed by atoms with Crippen molar-refractivity contribution in [3.63, 3.8) is 0 Å². The zero-order chi connectivity index (χ0) is 12.4. The van der Waals surface area contributed by atoms with Crippen LogP contribution in [0.5, 0.6) is 0 Å². The molecule has 0 aliphatic rings. The number of hydrogen-bond donors (Lipinski definition) is 0. The topological polar surface area (TPSA) is 29.5 Å². The van der Waals surface area contributed by atoms with Crippen molar-refractivity contribution < 1.29 is 9.53 Å². The van der Waals surface area contributed by atoms with Gasteiger partial charge >= 0.3 is 6.09 Å². The van der Waals surface area contributed by atoms with E-state index in [4.69, 9.17) is 4.74 Å². The molecule has 1 amide bonds. The van der Waals surface area contributed by atoms with Gasteiger partial charge in [-0.05, 0) is 55.4 Å². The molecule has 0 aliphatic carbocycles. The molecule has 0 bridgehead atoms. The summed E-state index contributed by atoms with van der Waals surface area (Å²) >= 11 is 0. The van der Waals surface area contributed by atoms with E-state index >= 15 is 0 Å². The van der Waals surface area contributed by atoms with Crippen LogP contribution in [0.1, 0.15) is 55.4 Å². The lowest BCUT2D eigenvalue weighted by atomic mass is 9.97. The van der Waals surface area contributed by atoms with E-state index in [1.807, 2.05) is 55.4 Å². The molecule has 0 atom stereocenters. The molecular formula is C12H25NO2. The van der Waals surface area contributed by atoms with Gasteiger partial charge in [0, 0.05) is 11.1 Å². The summed E-state index contributed by atoms with van der Waals surface area (Å²) in [6, 6.07) is 0. The van der Waals surface area contributed by atoms with Gasteiger partial charge in [-0.15, -0.1) is 0 Å². The molecule has 0 aromatic carbocycles. The maximum atomic E-state index is 12.0. The molecule has 0 saturated carbocycles. The Labute approximate surface area is 93.8 Å². The molecule has 0 rings (SSSR count). The molecule has 15 heavy (non-hydrogen) atoms. The molecule has 0 fully saturated rings. The van der Waals surface area contributed by atoms with Crippen LogP contribution < -0.4 is 0 Å². The van der Waals surface area contributed by atoms with E-state index in [0.717, 1.165) is 0 Å². The van der Waals surface area contributed by atoms with Gasteiger partial charge in [-0.1, -0.05) is 0 Å². The Morgan fingerprint density at radius 2 is 1.33 bits per heavy atom. The van der Waals surface area contributed by atoms with E-state index in [9.17, 15) is 4.79 Å². The molecule has 0 aromatic heterocycles. The summed E-state index contributed by atoms with van der Waals surface area (Å²) in [5.74, 6) is 0. The average molecular weight is 215 g/mol. The van der Waals surface area contributed by atoms with Crippen molar-refractivity contribution in [2.45, 2.75) is 72.6 Å². The predicted molar refractivity (Wildman–Crippen MR) is 63.0 cm³/mol. The number of ether oxygens (including phenoxy) is 1. The second-order valence-corrected chi connectivity index (χ2v) is 6.11. The van der Waals surface area contributed by atoms with Gasteiger partial charge in [0.1, 0.15) is 0 Å². The number of rotatable bonds is 1. The first-order valence-electron chi connectivity index (χ1n) is 5.47. The van der Waals surface area contributed by atoms with Crippen molar-refractivity contribution in [1.82, 2.24) is 4.90 Å². The molecule has 90 valence electrons. The Balaban J connectivity index is 4.90. The van der Waals surface area contributed by atoms with Gasteiger partial charge in [-0.3, -0.25) is 4.90 Å². The van der Waals surface area contributed by atoms with Crippen molar-refractivity contribution in [3.8, 4) is 0 Å². The summed E-state index contributed by atoms with van der Waals surface area (Å²) in [5.41, 5.74) is -0.464. The summed E-state index contributed by atoms with van der Waals surface area (Å²) < 4.78 is 5.25. The molecule has 0 spiro atoms. The first kappa shape index (κ1) is 14.3. The molecule has 3 nitrogen and oxygen atoms in total. The number of carbonyl (C=O) groups is 1. The highest BCUT2D eigenvalue weighted by atomic mass is 16.6. The molecule has 0 saturated heterocycles. The van der Waals surface area contributed by atoms with Crippen molar-refractivity contribution in [2.24, 2.45) is 0 Å². The van der Waals surface area contributed by atoms with Crippen LogP contribution in [0.4, 0.5) is 4.79 Å². The fourth-order valence-corrected chi connectivity index (χ4v) is 1.81. The summed E-state index contributed by atoms with van der Waals surface area (Å²) in [7, 11) is 0. The van der Waals surface area contributed by atoms with Gasteiger partial charge in [0.2, 0.25) is 0 Å². The summed E-state index contributed by atoms with van der Waals surface area (Å²) in [5, 5.41) is 0. The van der Waals surface area contributed by atoms with Crippen molar-refractivity contribution in [2.75, 3.05) is 0 Å². The molecular weight excluding hydrogens is 190 g/mol. The first-order chi connectivity index (χ1) is 6.46. The van der Waals surface area contributed by atoms with E-state index in [-0.39, 0.29) is 23.3 Å². The second kappa shape index (κ2) is 4.42. The van der Waals surface area contributed by atoms with Crippen molar-refractivity contribution in [1.29, 1.82) is 0 Å². The largest absolute Gasteiger partial charge is 0.447 e. The van der Waals surface area contributed by atoms with E-state index < -0.39 is 0 Å². The Hall–Kier alpha value is -0.730. The summed E-state index contributed by atoms with van der Waals surface area (Å²) in [4.78, 5) is 13.7. The molecule has 0 unspecified atom stereocenters. The van der Waals surface area contributed by atoms with E-state index in [1.165, 1.54) is 0 Å². The van der Waals surface area contributed by atoms with Crippen LogP contribution in [0.3, 0.4) is 0 Å². The van der Waals surface area contributed by atoms with E-state index in [2.05, 4.69) is 0 Å². The fourth-order valence-electron chi connectivity index (χ4n) is 1.81. The Bertz CT molecular complexity index is 207. The number of nitrogens with zero attached hydrogens (tertiary/aromatic N) is 1. The van der Waals surface area contributed by atoms with Crippen LogP contribution in [0.2, 0.25) is 0 Å². The van der Waals surface area contributed by atoms with Gasteiger partial charge in [0.15, 0.2) is 0 Å². The zero-order valence-corrected chi connectivity index (χ0v) is 11.3. The fraction of sp³-hybridized carbons (Fsp3) is 0.917. The molecule has 0 aromatic rings. The van der Waals surface area contributed by atoms with Crippen LogP contribution in [-0.4, -0.2) is 28.2 Å². The van der Waals surface area contributed by atoms with Crippen LogP contribution >= 0.6 is 0 Å². The standard InChI is InChI=1S/C12H25NO2/c1-9(2)15-10(14)13(11(3,4)5)12(6,7)8/h9H,1-8H3. The highest BCUT2D eigenvalue weighted by Crippen LogP contribution is 2.25. The number of carbonyl (C=O) groups excluding carboxylic acids is 1. The third kappa shape index (κ3) is 4.54. The Morgan fingerprint density at radius 3 is 1.53 bits per heavy atom. The summed E-state index contributed by atoms with van der Waals surface area (Å²) in [6.45, 7) is 15.8. The monoisotopic (exact) mass is 215 g/mol. The quantitative estimate of drug-likeness (QED) is 0.670. The second-order valence-electron chi connectivity index (χ2n) is 6.11. The number of hydrogen-bond acceptors (Lipinski definition) is 2. The zero-order valence-electron chi connectivity index (χ0n) is 11.3. The molecule has 3 heteroatoms. The van der Waals surface area contributed by atoms with Gasteiger partial charge in [0.25, 0.3) is 0 Å². The van der Waals surface area contributed by atoms with Gasteiger partial charge in [0.05, 0.1) is 6.10 Å². The minimum absolute atomic E-state index is 0.0790. The van der Waals surface area contributed by atoms with Crippen LogP contribution in [-0.2, 0) is 4.74 Å². The maximum absolute atomic E-state index is 12.0. The predicted octanol–water partition coefficient (Wildman–Crippen LogP) is 3.43. The lowest BCUT2D eigenvalue weighted by molar-refractivity contribution is 0.00746. The maximum Gasteiger partial charge on any atom is 0.410 e. The van der Waals surface area contributed by atoms with E-state index in [1.54, 1.807) is 4.90 Å². The van der Waals surface area contributed by atoms with Crippen molar-refractivity contribution >= 4 is 6.09 Å². The van der Waals surface area contributed by atoms with E-state index in [0.29, 0.717) is 0 Å². The van der Waals surface area contributed by atoms with Crippen molar-refractivity contribution in [3.05, 3.63) is 0 Å². The lowest BCUT2D eigenvalue weighted by Gasteiger charge is -2.44. The van der Waals surface area contributed by atoms with Crippen LogP contribution in [0.25, 0.3) is 0 Å². The Morgan fingerprint density at radius 1 is 1.00 bits per heavy atom.